The summed E-state index contributed by atoms with van der Waals surface area (Å²) in [5.74, 6) is 0.573. The molecule has 132 valence electrons. The number of hydrogen-bond acceptors (Lipinski definition) is 0. The van der Waals surface area contributed by atoms with Crippen LogP contribution in [0.3, 0.4) is 0 Å². The highest BCUT2D eigenvalue weighted by atomic mass is 79.9. The third-order valence-corrected chi connectivity index (χ3v) is 7.59. The van der Waals surface area contributed by atoms with Gasteiger partial charge < -0.3 is 0 Å². The Hall–Kier alpha value is -1.60. The van der Waals surface area contributed by atoms with E-state index in [0.29, 0.717) is 10.7 Å². The maximum Gasteiger partial charge on any atom is 0.0616 e. The molecule has 4 aliphatic rings. The molecule has 0 heterocycles. The summed E-state index contributed by atoms with van der Waals surface area (Å²) in [4.78, 5) is 0.442. The van der Waals surface area contributed by atoms with Gasteiger partial charge in [-0.1, -0.05) is 64.5 Å². The number of hydrogen-bond donors (Lipinski definition) is 0. The monoisotopic (exact) mass is 404 g/mol. The van der Waals surface area contributed by atoms with Gasteiger partial charge in [-0.25, -0.2) is 0 Å². The van der Waals surface area contributed by atoms with Crippen molar-refractivity contribution >= 4 is 22.0 Å². The second-order valence-corrected chi connectivity index (χ2v) is 8.99. The zero-order valence-electron chi connectivity index (χ0n) is 15.4. The molecule has 26 heavy (non-hydrogen) atoms. The van der Waals surface area contributed by atoms with Gasteiger partial charge in [0, 0.05) is 5.92 Å². The third kappa shape index (κ3) is 2.63. The standard InChI is InChI=1S/C25H25Br/c1-16-14-24-23(15-19-7-3-5-9-22(19)25(24)26)20(16)13-12-18-11-10-17-6-2-4-8-21(17)18/h2,4,6,8,10-11,14-15,18,25H,3,5,7,9,12-13H2,1H3. The number of fused-ring (bicyclic) bond motifs is 2. The number of rotatable bonds is 3. The molecule has 0 aromatic heterocycles. The average molecular weight is 405 g/mol. The van der Waals surface area contributed by atoms with Crippen LogP contribution in [-0.4, -0.2) is 4.83 Å². The minimum absolute atomic E-state index is 0.442. The summed E-state index contributed by atoms with van der Waals surface area (Å²) in [5.41, 5.74) is 12.3. The van der Waals surface area contributed by atoms with Crippen LogP contribution in [0.25, 0.3) is 6.08 Å². The number of benzene rings is 1. The average Bonchev–Trinajstić information content (AvgIpc) is 3.21. The topological polar surface area (TPSA) is 0 Å². The molecule has 1 aromatic carbocycles. The highest BCUT2D eigenvalue weighted by Crippen LogP contribution is 2.48. The fraction of sp³-hybridized carbons (Fsp3) is 0.360. The molecule has 0 bridgehead atoms. The second kappa shape index (κ2) is 6.53. The van der Waals surface area contributed by atoms with Crippen LogP contribution in [0.5, 0.6) is 0 Å². The van der Waals surface area contributed by atoms with E-state index in [1.807, 2.05) is 0 Å². The van der Waals surface area contributed by atoms with Crippen molar-refractivity contribution in [1.82, 2.24) is 0 Å². The van der Waals surface area contributed by atoms with Crippen molar-refractivity contribution in [3.63, 3.8) is 0 Å². The minimum Gasteiger partial charge on any atom is -0.0790 e. The van der Waals surface area contributed by atoms with Gasteiger partial charge in [0.1, 0.15) is 0 Å². The molecule has 5 rings (SSSR count). The van der Waals surface area contributed by atoms with E-state index in [-0.39, 0.29) is 0 Å². The van der Waals surface area contributed by atoms with Crippen molar-refractivity contribution in [2.45, 2.75) is 56.2 Å². The van der Waals surface area contributed by atoms with Crippen LogP contribution < -0.4 is 0 Å². The Morgan fingerprint density at radius 2 is 1.92 bits per heavy atom. The first-order chi connectivity index (χ1) is 12.7. The van der Waals surface area contributed by atoms with E-state index in [9.17, 15) is 0 Å². The van der Waals surface area contributed by atoms with Crippen LogP contribution in [0.1, 0.15) is 62.5 Å². The molecule has 2 atom stereocenters. The summed E-state index contributed by atoms with van der Waals surface area (Å²) >= 11 is 4.03. The lowest BCUT2D eigenvalue weighted by atomic mass is 9.79. The van der Waals surface area contributed by atoms with E-state index in [1.54, 1.807) is 16.7 Å². The Morgan fingerprint density at radius 1 is 1.08 bits per heavy atom. The molecule has 0 amide bonds. The highest BCUT2D eigenvalue weighted by molar-refractivity contribution is 9.09. The first-order valence-corrected chi connectivity index (χ1v) is 10.9. The summed E-state index contributed by atoms with van der Waals surface area (Å²) in [6.07, 6.45) is 17.3. The van der Waals surface area contributed by atoms with E-state index in [0.717, 1.165) is 0 Å². The highest BCUT2D eigenvalue weighted by Gasteiger charge is 2.32. The summed E-state index contributed by atoms with van der Waals surface area (Å²) in [7, 11) is 0. The van der Waals surface area contributed by atoms with E-state index in [1.165, 1.54) is 66.4 Å². The van der Waals surface area contributed by atoms with Crippen molar-refractivity contribution in [3.05, 3.63) is 87.1 Å². The predicted octanol–water partition coefficient (Wildman–Crippen LogP) is 7.41. The maximum absolute atomic E-state index is 4.03. The smallest absolute Gasteiger partial charge is 0.0616 e. The normalized spacial score (nSPS) is 26.5. The predicted molar refractivity (Wildman–Crippen MR) is 115 cm³/mol. The van der Waals surface area contributed by atoms with Crippen LogP contribution in [-0.2, 0) is 0 Å². The third-order valence-electron chi connectivity index (χ3n) is 6.55. The van der Waals surface area contributed by atoms with Gasteiger partial charge in [0.25, 0.3) is 0 Å². The summed E-state index contributed by atoms with van der Waals surface area (Å²) in [6, 6.07) is 8.85. The van der Waals surface area contributed by atoms with E-state index < -0.39 is 0 Å². The van der Waals surface area contributed by atoms with Crippen LogP contribution in [0.4, 0.5) is 0 Å². The quantitative estimate of drug-likeness (QED) is 0.460. The molecule has 0 saturated carbocycles. The molecule has 1 heteroatoms. The molecular weight excluding hydrogens is 380 g/mol. The molecule has 1 aromatic rings. The van der Waals surface area contributed by atoms with Gasteiger partial charge in [0.2, 0.25) is 0 Å². The van der Waals surface area contributed by atoms with Gasteiger partial charge in [0.05, 0.1) is 4.83 Å². The van der Waals surface area contributed by atoms with Crippen molar-refractivity contribution in [1.29, 1.82) is 0 Å². The maximum atomic E-state index is 4.03. The van der Waals surface area contributed by atoms with Crippen molar-refractivity contribution in [3.8, 4) is 0 Å². The molecule has 0 N–H and O–H groups in total. The molecule has 0 spiro atoms. The molecular formula is C25H25Br. The number of alkyl halides is 1. The largest absolute Gasteiger partial charge is 0.0790 e. The van der Waals surface area contributed by atoms with Gasteiger partial charge >= 0.3 is 0 Å². The lowest BCUT2D eigenvalue weighted by Crippen LogP contribution is -2.17. The Labute approximate surface area is 165 Å². The zero-order valence-corrected chi connectivity index (χ0v) is 17.0. The fourth-order valence-electron chi connectivity index (χ4n) is 5.14. The van der Waals surface area contributed by atoms with Crippen LogP contribution in [0.2, 0.25) is 0 Å². The van der Waals surface area contributed by atoms with E-state index in [2.05, 4.69) is 71.4 Å². The van der Waals surface area contributed by atoms with Crippen LogP contribution in [0.15, 0.2) is 75.9 Å². The van der Waals surface area contributed by atoms with Gasteiger partial charge in [-0.3, -0.25) is 0 Å². The Bertz CT molecular complexity index is 919. The van der Waals surface area contributed by atoms with Crippen molar-refractivity contribution in [2.24, 2.45) is 0 Å². The first kappa shape index (κ1) is 16.6. The Kier molecular flexibility index (Phi) is 4.16. The van der Waals surface area contributed by atoms with Gasteiger partial charge in [-0.2, -0.15) is 0 Å². The molecule has 4 aliphatic carbocycles. The minimum atomic E-state index is 0.442. The van der Waals surface area contributed by atoms with Gasteiger partial charge in [0.15, 0.2) is 0 Å². The summed E-state index contributed by atoms with van der Waals surface area (Å²) < 4.78 is 0. The molecule has 0 fully saturated rings. The van der Waals surface area contributed by atoms with Crippen LogP contribution in [0, 0.1) is 0 Å². The zero-order chi connectivity index (χ0) is 17.7. The summed E-state index contributed by atoms with van der Waals surface area (Å²) in [5, 5.41) is 0. The van der Waals surface area contributed by atoms with E-state index in [4.69, 9.17) is 0 Å². The molecule has 0 saturated heterocycles. The first-order valence-electron chi connectivity index (χ1n) is 9.99. The van der Waals surface area contributed by atoms with E-state index >= 15 is 0 Å². The molecule has 0 aliphatic heterocycles. The fourth-order valence-corrected chi connectivity index (χ4v) is 6.04. The SMILES string of the molecule is CC1=C(CCC2C=Cc3ccccc32)C2=CC3=C(CCCC3)C(Br)C2=C1. The van der Waals surface area contributed by atoms with Crippen LogP contribution >= 0.6 is 15.9 Å². The lowest BCUT2D eigenvalue weighted by Gasteiger charge is -2.30. The summed E-state index contributed by atoms with van der Waals surface area (Å²) in [6.45, 7) is 2.30. The lowest BCUT2D eigenvalue weighted by molar-refractivity contribution is 0.668. The van der Waals surface area contributed by atoms with Gasteiger partial charge in [-0.15, -0.1) is 0 Å². The molecule has 2 unspecified atom stereocenters. The van der Waals surface area contributed by atoms with Crippen molar-refractivity contribution < 1.29 is 0 Å². The second-order valence-electron chi connectivity index (χ2n) is 8.07. The molecule has 0 radical (unpaired) electrons. The number of halogens is 1. The number of allylic oxidation sites excluding steroid dienone is 9. The Morgan fingerprint density at radius 3 is 2.85 bits per heavy atom. The van der Waals surface area contributed by atoms with Gasteiger partial charge in [-0.05, 0) is 90.0 Å². The molecule has 0 nitrogen and oxygen atoms in total. The van der Waals surface area contributed by atoms with Crippen molar-refractivity contribution in [2.75, 3.05) is 0 Å². The Balaban J connectivity index is 1.39.